The van der Waals surface area contributed by atoms with Gasteiger partial charge in [0.05, 0.1) is 5.69 Å². The molecule has 0 spiro atoms. The van der Waals surface area contributed by atoms with Gasteiger partial charge in [-0.15, -0.1) is 0 Å². The van der Waals surface area contributed by atoms with Crippen molar-refractivity contribution in [2.24, 2.45) is 5.73 Å². The van der Waals surface area contributed by atoms with Crippen LogP contribution in [0.1, 0.15) is 38.1 Å². The van der Waals surface area contributed by atoms with Gasteiger partial charge in [-0.3, -0.25) is 9.69 Å². The summed E-state index contributed by atoms with van der Waals surface area (Å²) in [6.07, 6.45) is 1.54. The van der Waals surface area contributed by atoms with Crippen molar-refractivity contribution in [1.82, 2.24) is 14.9 Å². The van der Waals surface area contributed by atoms with E-state index < -0.39 is 5.91 Å². The highest BCUT2D eigenvalue weighted by Gasteiger charge is 2.12. The van der Waals surface area contributed by atoms with Gasteiger partial charge in [0.25, 0.3) is 0 Å². The second-order valence-electron chi connectivity index (χ2n) is 6.58. The number of rotatable bonds is 8. The fraction of sp³-hybridized carbons (Fsp3) is 0.421. The van der Waals surface area contributed by atoms with E-state index in [-0.39, 0.29) is 0 Å². The summed E-state index contributed by atoms with van der Waals surface area (Å²) in [6.45, 7) is 10.6. The molecule has 0 aliphatic heterocycles. The van der Waals surface area contributed by atoms with Crippen LogP contribution in [0.2, 0.25) is 0 Å². The van der Waals surface area contributed by atoms with Crippen LogP contribution in [0.4, 0.5) is 5.82 Å². The normalized spacial score (nSPS) is 11.3. The minimum absolute atomic E-state index is 0.434. The van der Waals surface area contributed by atoms with Crippen LogP contribution in [0.25, 0.3) is 11.3 Å². The van der Waals surface area contributed by atoms with Gasteiger partial charge in [-0.1, -0.05) is 12.1 Å². The summed E-state index contributed by atoms with van der Waals surface area (Å²) < 4.78 is 0. The molecular weight excluding hydrogens is 314 g/mol. The van der Waals surface area contributed by atoms with Crippen LogP contribution in [0, 0.1) is 0 Å². The van der Waals surface area contributed by atoms with Gasteiger partial charge in [-0.25, -0.2) is 9.97 Å². The van der Waals surface area contributed by atoms with E-state index in [4.69, 9.17) is 5.73 Å². The van der Waals surface area contributed by atoms with Gasteiger partial charge < -0.3 is 11.1 Å². The molecule has 25 heavy (non-hydrogen) atoms. The SMILES string of the molecule is CC(C)N(CCNc1cc(-c2ccc(C(N)=O)cc2)ncn1)C(C)C. The monoisotopic (exact) mass is 341 g/mol. The van der Waals surface area contributed by atoms with Gasteiger partial charge in [0.2, 0.25) is 5.91 Å². The largest absolute Gasteiger partial charge is 0.369 e. The lowest BCUT2D eigenvalue weighted by Gasteiger charge is -2.30. The molecule has 0 saturated heterocycles. The lowest BCUT2D eigenvalue weighted by atomic mass is 10.1. The van der Waals surface area contributed by atoms with Crippen molar-refractivity contribution < 1.29 is 4.79 Å². The first-order valence-corrected chi connectivity index (χ1v) is 8.60. The van der Waals surface area contributed by atoms with Crippen molar-refractivity contribution in [3.63, 3.8) is 0 Å². The van der Waals surface area contributed by atoms with Gasteiger partial charge >= 0.3 is 0 Å². The molecule has 1 aromatic carbocycles. The first-order valence-electron chi connectivity index (χ1n) is 8.60. The van der Waals surface area contributed by atoms with Crippen molar-refractivity contribution in [2.75, 3.05) is 18.4 Å². The lowest BCUT2D eigenvalue weighted by molar-refractivity contribution is 0.100. The Kier molecular flexibility index (Phi) is 6.47. The fourth-order valence-electron chi connectivity index (χ4n) is 2.84. The number of anilines is 1. The minimum atomic E-state index is -0.434. The molecule has 0 aliphatic carbocycles. The second kappa shape index (κ2) is 8.58. The van der Waals surface area contributed by atoms with Gasteiger partial charge in [-0.2, -0.15) is 0 Å². The average Bonchev–Trinajstić information content (AvgIpc) is 2.58. The van der Waals surface area contributed by atoms with Crippen molar-refractivity contribution in [3.8, 4) is 11.3 Å². The molecule has 6 heteroatoms. The number of hydrogen-bond acceptors (Lipinski definition) is 5. The van der Waals surface area contributed by atoms with Gasteiger partial charge in [-0.05, 0) is 39.8 Å². The zero-order valence-corrected chi connectivity index (χ0v) is 15.4. The summed E-state index contributed by atoms with van der Waals surface area (Å²) in [6, 6.07) is 10.0. The number of aromatic nitrogens is 2. The summed E-state index contributed by atoms with van der Waals surface area (Å²) in [5.74, 6) is 0.355. The number of carbonyl (C=O) groups is 1. The van der Waals surface area contributed by atoms with Crippen LogP contribution in [-0.2, 0) is 0 Å². The van der Waals surface area contributed by atoms with E-state index in [0.29, 0.717) is 17.6 Å². The predicted octanol–water partition coefficient (Wildman–Crippen LogP) is 2.77. The number of primary amides is 1. The molecule has 1 aromatic heterocycles. The number of hydrogen-bond donors (Lipinski definition) is 2. The number of nitrogens with zero attached hydrogens (tertiary/aromatic N) is 3. The van der Waals surface area contributed by atoms with E-state index in [2.05, 4.69) is 47.9 Å². The van der Waals surface area contributed by atoms with Gasteiger partial charge in [0.15, 0.2) is 0 Å². The van der Waals surface area contributed by atoms with Crippen LogP contribution in [0.5, 0.6) is 0 Å². The number of nitrogens with two attached hydrogens (primary N) is 1. The number of nitrogens with one attached hydrogen (secondary N) is 1. The molecule has 0 fully saturated rings. The summed E-state index contributed by atoms with van der Waals surface area (Å²) in [5, 5.41) is 3.36. The highest BCUT2D eigenvalue weighted by molar-refractivity contribution is 5.93. The summed E-state index contributed by atoms with van der Waals surface area (Å²) >= 11 is 0. The van der Waals surface area contributed by atoms with Crippen LogP contribution in [0.15, 0.2) is 36.7 Å². The van der Waals surface area contributed by atoms with E-state index in [9.17, 15) is 4.79 Å². The fourth-order valence-corrected chi connectivity index (χ4v) is 2.84. The molecule has 2 aromatic rings. The van der Waals surface area contributed by atoms with Crippen LogP contribution in [-0.4, -0.2) is 45.9 Å². The lowest BCUT2D eigenvalue weighted by Crippen LogP contribution is -2.40. The molecule has 134 valence electrons. The highest BCUT2D eigenvalue weighted by Crippen LogP contribution is 2.19. The maximum atomic E-state index is 11.2. The molecule has 0 atom stereocenters. The smallest absolute Gasteiger partial charge is 0.248 e. The Bertz CT molecular complexity index is 689. The Morgan fingerprint density at radius 1 is 1.12 bits per heavy atom. The molecular formula is C19H27N5O. The first kappa shape index (κ1) is 18.9. The Morgan fingerprint density at radius 2 is 1.76 bits per heavy atom. The van der Waals surface area contributed by atoms with Crippen LogP contribution < -0.4 is 11.1 Å². The van der Waals surface area contributed by atoms with E-state index in [1.807, 2.05) is 18.2 Å². The number of carbonyl (C=O) groups excluding carboxylic acids is 1. The number of amides is 1. The summed E-state index contributed by atoms with van der Waals surface area (Å²) in [5.41, 5.74) is 7.48. The molecule has 3 N–H and O–H groups in total. The molecule has 0 unspecified atom stereocenters. The molecule has 0 bridgehead atoms. The predicted molar refractivity (Wildman–Crippen MR) is 101 cm³/mol. The quantitative estimate of drug-likeness (QED) is 0.771. The summed E-state index contributed by atoms with van der Waals surface area (Å²) in [7, 11) is 0. The molecule has 1 heterocycles. The Labute approximate surface area is 149 Å². The van der Waals surface area contributed by atoms with Gasteiger partial charge in [0.1, 0.15) is 12.1 Å². The van der Waals surface area contributed by atoms with E-state index in [1.54, 1.807) is 18.5 Å². The van der Waals surface area contributed by atoms with Gasteiger partial charge in [0, 0.05) is 42.4 Å². The van der Waals surface area contributed by atoms with Crippen molar-refractivity contribution in [3.05, 3.63) is 42.2 Å². The third-order valence-corrected chi connectivity index (χ3v) is 4.13. The second-order valence-corrected chi connectivity index (χ2v) is 6.58. The van der Waals surface area contributed by atoms with E-state index in [1.165, 1.54) is 0 Å². The van der Waals surface area contributed by atoms with Crippen molar-refractivity contribution >= 4 is 11.7 Å². The van der Waals surface area contributed by atoms with Crippen LogP contribution >= 0.6 is 0 Å². The number of benzene rings is 1. The zero-order valence-electron chi connectivity index (χ0n) is 15.4. The topological polar surface area (TPSA) is 84.1 Å². The molecule has 0 aliphatic rings. The Balaban J connectivity index is 2.02. The summed E-state index contributed by atoms with van der Waals surface area (Å²) in [4.78, 5) is 22.2. The minimum Gasteiger partial charge on any atom is -0.369 e. The standard InChI is InChI=1S/C19H27N5O/c1-13(2)24(14(3)4)10-9-21-18-11-17(22-12-23-18)15-5-7-16(8-6-15)19(20)25/h5-8,11-14H,9-10H2,1-4H3,(H2,20,25)(H,21,22,23). The Hall–Kier alpha value is -2.47. The molecule has 2 rings (SSSR count). The maximum Gasteiger partial charge on any atom is 0.248 e. The Morgan fingerprint density at radius 3 is 2.32 bits per heavy atom. The maximum absolute atomic E-state index is 11.2. The molecule has 1 amide bonds. The van der Waals surface area contributed by atoms with Crippen molar-refractivity contribution in [2.45, 2.75) is 39.8 Å². The van der Waals surface area contributed by atoms with Crippen LogP contribution in [0.3, 0.4) is 0 Å². The highest BCUT2D eigenvalue weighted by atomic mass is 16.1. The zero-order chi connectivity index (χ0) is 18.4. The molecule has 6 nitrogen and oxygen atoms in total. The molecule has 0 saturated carbocycles. The first-order chi connectivity index (χ1) is 11.9. The molecule has 0 radical (unpaired) electrons. The van der Waals surface area contributed by atoms with E-state index in [0.717, 1.165) is 30.2 Å². The third kappa shape index (κ3) is 5.26. The average molecular weight is 341 g/mol. The third-order valence-electron chi connectivity index (χ3n) is 4.13. The van der Waals surface area contributed by atoms with E-state index >= 15 is 0 Å². The van der Waals surface area contributed by atoms with Crippen molar-refractivity contribution in [1.29, 1.82) is 0 Å².